The molecule has 1 aromatic carbocycles. The summed E-state index contributed by atoms with van der Waals surface area (Å²) >= 11 is 5.89. The molecule has 0 radical (unpaired) electrons. The first-order valence-corrected chi connectivity index (χ1v) is 6.44. The molecule has 1 aliphatic heterocycles. The smallest absolute Gasteiger partial charge is 0.308 e. The number of carbonyl (C=O) groups excluding carboxylic acids is 1. The van der Waals surface area contributed by atoms with Crippen molar-refractivity contribution in [3.05, 3.63) is 28.8 Å². The van der Waals surface area contributed by atoms with E-state index in [0.29, 0.717) is 35.7 Å². The molecule has 102 valence electrons. The Bertz CT molecular complexity index is 519. The van der Waals surface area contributed by atoms with Gasteiger partial charge >= 0.3 is 5.97 Å². The molecule has 0 aliphatic carbocycles. The van der Waals surface area contributed by atoms with Crippen molar-refractivity contribution < 1.29 is 14.7 Å². The van der Waals surface area contributed by atoms with Crippen molar-refractivity contribution >= 4 is 29.2 Å². The maximum absolute atomic E-state index is 12.3. The fraction of sp³-hybridized carbons (Fsp3) is 0.385. The van der Waals surface area contributed by atoms with E-state index in [-0.39, 0.29) is 12.5 Å². The van der Waals surface area contributed by atoms with Crippen LogP contribution in [0.25, 0.3) is 0 Å². The zero-order chi connectivity index (χ0) is 14.0. The SMILES string of the molecule is Nc1ccc(C(=O)N2CCC[C@H](C(=O)O)C2)cc1Cl. The van der Waals surface area contributed by atoms with Crippen LogP contribution in [0.4, 0.5) is 5.69 Å². The number of anilines is 1. The molecule has 3 N–H and O–H groups in total. The summed E-state index contributed by atoms with van der Waals surface area (Å²) in [5, 5.41) is 9.34. The van der Waals surface area contributed by atoms with Crippen LogP contribution in [-0.2, 0) is 4.79 Å². The third-order valence-electron chi connectivity index (χ3n) is 3.31. The number of likely N-dealkylation sites (tertiary alicyclic amines) is 1. The molecule has 1 atom stereocenters. The molecule has 0 unspecified atom stereocenters. The third-order valence-corrected chi connectivity index (χ3v) is 3.63. The number of carboxylic acids is 1. The summed E-state index contributed by atoms with van der Waals surface area (Å²) in [7, 11) is 0. The van der Waals surface area contributed by atoms with Crippen LogP contribution in [-0.4, -0.2) is 35.0 Å². The number of carboxylic acid groups (broad SMARTS) is 1. The molecule has 2 rings (SSSR count). The Labute approximate surface area is 116 Å². The van der Waals surface area contributed by atoms with Gasteiger partial charge < -0.3 is 15.7 Å². The van der Waals surface area contributed by atoms with Gasteiger partial charge in [0, 0.05) is 18.7 Å². The first-order chi connectivity index (χ1) is 8.99. The van der Waals surface area contributed by atoms with Crippen LogP contribution < -0.4 is 5.73 Å². The number of nitrogens with two attached hydrogens (primary N) is 1. The highest BCUT2D eigenvalue weighted by atomic mass is 35.5. The molecule has 1 heterocycles. The van der Waals surface area contributed by atoms with Crippen molar-refractivity contribution in [2.45, 2.75) is 12.8 Å². The monoisotopic (exact) mass is 282 g/mol. The minimum absolute atomic E-state index is 0.201. The number of rotatable bonds is 2. The van der Waals surface area contributed by atoms with Gasteiger partial charge in [-0.2, -0.15) is 0 Å². The van der Waals surface area contributed by atoms with Crippen molar-refractivity contribution in [3.8, 4) is 0 Å². The summed E-state index contributed by atoms with van der Waals surface area (Å²) in [4.78, 5) is 24.8. The molecule has 0 saturated carbocycles. The normalized spacial score (nSPS) is 19.2. The molecule has 0 aromatic heterocycles. The summed E-state index contributed by atoms with van der Waals surface area (Å²) in [5.74, 6) is -1.54. The van der Waals surface area contributed by atoms with E-state index >= 15 is 0 Å². The second-order valence-electron chi connectivity index (χ2n) is 4.66. The van der Waals surface area contributed by atoms with Gasteiger partial charge in [-0.3, -0.25) is 9.59 Å². The largest absolute Gasteiger partial charge is 0.481 e. The van der Waals surface area contributed by atoms with Gasteiger partial charge in [0.2, 0.25) is 0 Å². The summed E-state index contributed by atoms with van der Waals surface area (Å²) in [5.41, 5.74) is 6.45. The van der Waals surface area contributed by atoms with Gasteiger partial charge in [0.25, 0.3) is 5.91 Å². The molecular formula is C13H15ClN2O3. The van der Waals surface area contributed by atoms with Crippen LogP contribution in [0, 0.1) is 5.92 Å². The van der Waals surface area contributed by atoms with Gasteiger partial charge in [0.15, 0.2) is 0 Å². The first kappa shape index (κ1) is 13.7. The Kier molecular flexibility index (Phi) is 3.95. The van der Waals surface area contributed by atoms with Crippen LogP contribution in [0.5, 0.6) is 0 Å². The fourth-order valence-corrected chi connectivity index (χ4v) is 2.39. The quantitative estimate of drug-likeness (QED) is 0.811. The van der Waals surface area contributed by atoms with E-state index in [9.17, 15) is 9.59 Å². The predicted molar refractivity (Wildman–Crippen MR) is 72.1 cm³/mol. The standard InChI is InChI=1S/C13H15ClN2O3/c14-10-6-8(3-4-11(10)15)12(17)16-5-1-2-9(7-16)13(18)19/h3-4,6,9H,1-2,5,7,15H2,(H,18,19)/t9-/m0/s1. The minimum atomic E-state index is -0.854. The van der Waals surface area contributed by atoms with Crippen LogP contribution in [0.15, 0.2) is 18.2 Å². The number of halogens is 1. The summed E-state index contributed by atoms with van der Waals surface area (Å²) in [6, 6.07) is 4.70. The first-order valence-electron chi connectivity index (χ1n) is 6.06. The van der Waals surface area contributed by atoms with Gasteiger partial charge in [-0.05, 0) is 31.0 Å². The van der Waals surface area contributed by atoms with Crippen LogP contribution >= 0.6 is 11.6 Å². The number of nitrogen functional groups attached to an aromatic ring is 1. The molecule has 1 aliphatic rings. The lowest BCUT2D eigenvalue weighted by Crippen LogP contribution is -2.42. The number of amides is 1. The molecule has 1 fully saturated rings. The van der Waals surface area contributed by atoms with E-state index in [4.69, 9.17) is 22.4 Å². The van der Waals surface area contributed by atoms with Crippen molar-refractivity contribution in [2.75, 3.05) is 18.8 Å². The van der Waals surface area contributed by atoms with Gasteiger partial charge in [-0.1, -0.05) is 11.6 Å². The summed E-state index contributed by atoms with van der Waals surface area (Å²) < 4.78 is 0. The lowest BCUT2D eigenvalue weighted by Gasteiger charge is -2.30. The highest BCUT2D eigenvalue weighted by Gasteiger charge is 2.28. The molecule has 1 saturated heterocycles. The Morgan fingerprint density at radius 3 is 2.79 bits per heavy atom. The number of nitrogens with zero attached hydrogens (tertiary/aromatic N) is 1. The molecule has 19 heavy (non-hydrogen) atoms. The van der Waals surface area contributed by atoms with Crippen molar-refractivity contribution in [1.82, 2.24) is 4.90 Å². The predicted octanol–water partition coefficient (Wildman–Crippen LogP) is 1.86. The van der Waals surface area contributed by atoms with Crippen LogP contribution in [0.3, 0.4) is 0 Å². The van der Waals surface area contributed by atoms with E-state index < -0.39 is 11.9 Å². The van der Waals surface area contributed by atoms with Crippen LogP contribution in [0.1, 0.15) is 23.2 Å². The Morgan fingerprint density at radius 2 is 2.16 bits per heavy atom. The van der Waals surface area contributed by atoms with Gasteiger partial charge in [0.05, 0.1) is 16.6 Å². The van der Waals surface area contributed by atoms with Gasteiger partial charge in [-0.25, -0.2) is 0 Å². The van der Waals surface area contributed by atoms with E-state index in [1.807, 2.05) is 0 Å². The molecule has 5 nitrogen and oxygen atoms in total. The second-order valence-corrected chi connectivity index (χ2v) is 5.07. The topological polar surface area (TPSA) is 83.6 Å². The molecule has 6 heteroatoms. The zero-order valence-electron chi connectivity index (χ0n) is 10.3. The number of hydrogen-bond donors (Lipinski definition) is 2. The van der Waals surface area contributed by atoms with Crippen molar-refractivity contribution in [3.63, 3.8) is 0 Å². The molecule has 1 amide bonds. The van der Waals surface area contributed by atoms with Crippen LogP contribution in [0.2, 0.25) is 5.02 Å². The number of benzene rings is 1. The molecule has 0 bridgehead atoms. The lowest BCUT2D eigenvalue weighted by atomic mass is 9.97. The number of piperidine rings is 1. The fourth-order valence-electron chi connectivity index (χ4n) is 2.21. The van der Waals surface area contributed by atoms with E-state index in [1.165, 1.54) is 6.07 Å². The summed E-state index contributed by atoms with van der Waals surface area (Å²) in [6.07, 6.45) is 1.31. The second kappa shape index (κ2) is 5.48. The van der Waals surface area contributed by atoms with Gasteiger partial charge in [-0.15, -0.1) is 0 Å². The molecule has 1 aromatic rings. The number of carbonyl (C=O) groups is 2. The molecule has 0 spiro atoms. The van der Waals surface area contributed by atoms with E-state index in [2.05, 4.69) is 0 Å². The lowest BCUT2D eigenvalue weighted by molar-refractivity contribution is -0.143. The maximum Gasteiger partial charge on any atom is 0.308 e. The van der Waals surface area contributed by atoms with Crippen molar-refractivity contribution in [2.24, 2.45) is 5.92 Å². The van der Waals surface area contributed by atoms with E-state index in [0.717, 1.165) is 0 Å². The van der Waals surface area contributed by atoms with Crippen molar-refractivity contribution in [1.29, 1.82) is 0 Å². The van der Waals surface area contributed by atoms with E-state index in [1.54, 1.807) is 17.0 Å². The third kappa shape index (κ3) is 2.98. The Hall–Kier alpha value is -1.75. The highest BCUT2D eigenvalue weighted by Crippen LogP contribution is 2.23. The maximum atomic E-state index is 12.3. The highest BCUT2D eigenvalue weighted by molar-refractivity contribution is 6.33. The summed E-state index contributed by atoms with van der Waals surface area (Å²) in [6.45, 7) is 0.820. The van der Waals surface area contributed by atoms with Gasteiger partial charge in [0.1, 0.15) is 0 Å². The average molecular weight is 283 g/mol. The molecular weight excluding hydrogens is 268 g/mol. The average Bonchev–Trinajstić information content (AvgIpc) is 2.41. The Balaban J connectivity index is 2.14. The zero-order valence-corrected chi connectivity index (χ0v) is 11.1. The number of aliphatic carboxylic acids is 1. The Morgan fingerprint density at radius 1 is 1.42 bits per heavy atom. The minimum Gasteiger partial charge on any atom is -0.481 e. The number of hydrogen-bond acceptors (Lipinski definition) is 3.